The molecule has 0 atom stereocenters. The van der Waals surface area contributed by atoms with Gasteiger partial charge in [-0.1, -0.05) is 0 Å². The summed E-state index contributed by atoms with van der Waals surface area (Å²) in [6, 6.07) is 7.43. The van der Waals surface area contributed by atoms with E-state index in [2.05, 4.69) is 26.9 Å². The van der Waals surface area contributed by atoms with Crippen LogP contribution in [0.5, 0.6) is 0 Å². The molecule has 3 rings (SSSR count). The molecule has 5 nitrogen and oxygen atoms in total. The number of furan rings is 1. The van der Waals surface area contributed by atoms with Gasteiger partial charge in [-0.3, -0.25) is 4.90 Å². The van der Waals surface area contributed by atoms with Crippen molar-refractivity contribution in [3.05, 3.63) is 38.7 Å². The first kappa shape index (κ1) is 17.2. The third-order valence-corrected chi connectivity index (χ3v) is 7.16. The Balaban J connectivity index is 1.64. The number of halogens is 1. The molecule has 0 N–H and O–H groups in total. The number of sulfonamides is 1. The van der Waals surface area contributed by atoms with Crippen LogP contribution < -0.4 is 0 Å². The van der Waals surface area contributed by atoms with Gasteiger partial charge < -0.3 is 4.42 Å². The van der Waals surface area contributed by atoms with Crippen LogP contribution in [0, 0.1) is 0 Å². The lowest BCUT2D eigenvalue weighted by atomic mass is 10.4. The summed E-state index contributed by atoms with van der Waals surface area (Å²) in [6.07, 6.45) is 1.85. The smallest absolute Gasteiger partial charge is 0.276 e. The maximum Gasteiger partial charge on any atom is 0.276 e. The molecule has 0 bridgehead atoms. The van der Waals surface area contributed by atoms with Crippen LogP contribution in [-0.2, 0) is 23.1 Å². The van der Waals surface area contributed by atoms with Gasteiger partial charge in [0.25, 0.3) is 10.0 Å². The van der Waals surface area contributed by atoms with Crippen LogP contribution in [0.15, 0.2) is 37.6 Å². The normalized spacial score (nSPS) is 16.5. The molecule has 1 aliphatic rings. The molecule has 8 heteroatoms. The topological polar surface area (TPSA) is 53.8 Å². The molecule has 0 spiro atoms. The summed E-state index contributed by atoms with van der Waals surface area (Å²) >= 11 is 5.15. The van der Waals surface area contributed by atoms with E-state index in [0.717, 1.165) is 23.2 Å². The molecule has 2 aromatic rings. The minimum absolute atomic E-state index is 0.0571. The second-order valence-electron chi connectivity index (χ2n) is 5.71. The zero-order valence-electron chi connectivity index (χ0n) is 12.9. The number of thiophene rings is 1. The molecule has 1 saturated heterocycles. The third-order valence-electron chi connectivity index (χ3n) is 3.78. The van der Waals surface area contributed by atoms with E-state index < -0.39 is 10.0 Å². The Kier molecular flexibility index (Phi) is 5.27. The van der Waals surface area contributed by atoms with Crippen LogP contribution in [0.4, 0.5) is 0 Å². The molecular formula is C15H19BrN2O3S2. The van der Waals surface area contributed by atoms with Crippen molar-refractivity contribution in [3.63, 3.8) is 0 Å². The van der Waals surface area contributed by atoms with Gasteiger partial charge in [0, 0.05) is 24.5 Å². The summed E-state index contributed by atoms with van der Waals surface area (Å²) in [5.41, 5.74) is 0. The molecule has 3 heterocycles. The minimum atomic E-state index is -3.47. The van der Waals surface area contributed by atoms with Crippen LogP contribution in [0.2, 0.25) is 0 Å². The quantitative estimate of drug-likeness (QED) is 0.719. The molecule has 0 saturated carbocycles. The van der Waals surface area contributed by atoms with E-state index in [1.54, 1.807) is 23.5 Å². The highest BCUT2D eigenvalue weighted by Gasteiger charge is 2.29. The summed E-state index contributed by atoms with van der Waals surface area (Å²) in [5.74, 6) is 0.667. The van der Waals surface area contributed by atoms with Crippen molar-refractivity contribution >= 4 is 37.3 Å². The van der Waals surface area contributed by atoms with E-state index in [1.807, 2.05) is 13.1 Å². The Bertz CT molecular complexity index is 763. The van der Waals surface area contributed by atoms with E-state index in [4.69, 9.17) is 4.42 Å². The van der Waals surface area contributed by atoms with E-state index in [9.17, 15) is 8.42 Å². The van der Waals surface area contributed by atoms with Gasteiger partial charge in [0.15, 0.2) is 0 Å². The standard InChI is InChI=1S/C15H19BrN2O3S2/c1-17(11-13-5-6-14(16)22-13)10-12-4-7-15(21-12)23(19,20)18-8-2-3-9-18/h4-7H,2-3,8-11H2,1H3. The first-order valence-electron chi connectivity index (χ1n) is 7.47. The lowest BCUT2D eigenvalue weighted by Gasteiger charge is -2.14. The number of nitrogens with zero attached hydrogens (tertiary/aromatic N) is 2. The molecule has 1 fully saturated rings. The van der Waals surface area contributed by atoms with Gasteiger partial charge in [-0.25, -0.2) is 8.42 Å². The van der Waals surface area contributed by atoms with Crippen molar-refractivity contribution < 1.29 is 12.8 Å². The third kappa shape index (κ3) is 4.06. The number of rotatable bonds is 6. The summed E-state index contributed by atoms with van der Waals surface area (Å²) in [4.78, 5) is 3.35. The Morgan fingerprint density at radius 2 is 1.96 bits per heavy atom. The maximum atomic E-state index is 12.4. The maximum absolute atomic E-state index is 12.4. The first-order valence-corrected chi connectivity index (χ1v) is 10.5. The molecule has 0 unspecified atom stereocenters. The molecule has 126 valence electrons. The first-order chi connectivity index (χ1) is 10.9. The fraction of sp³-hybridized carbons (Fsp3) is 0.467. The summed E-state index contributed by atoms with van der Waals surface area (Å²) in [6.45, 7) is 2.55. The summed E-state index contributed by atoms with van der Waals surface area (Å²) in [5, 5.41) is 0.0571. The Labute approximate surface area is 149 Å². The van der Waals surface area contributed by atoms with Crippen molar-refractivity contribution in [2.45, 2.75) is 31.0 Å². The summed E-state index contributed by atoms with van der Waals surface area (Å²) < 4.78 is 33.1. The Morgan fingerprint density at radius 3 is 2.61 bits per heavy atom. The fourth-order valence-electron chi connectivity index (χ4n) is 2.66. The monoisotopic (exact) mass is 418 g/mol. The average molecular weight is 419 g/mol. The SMILES string of the molecule is CN(Cc1ccc(S(=O)(=O)N2CCCC2)o1)Cc1ccc(Br)s1. The minimum Gasteiger partial charge on any atom is -0.447 e. The number of hydrogen-bond acceptors (Lipinski definition) is 5. The van der Waals surface area contributed by atoms with Gasteiger partial charge >= 0.3 is 0 Å². The van der Waals surface area contributed by atoms with Crippen molar-refractivity contribution in [1.82, 2.24) is 9.21 Å². The van der Waals surface area contributed by atoms with Gasteiger partial charge in [-0.15, -0.1) is 11.3 Å². The van der Waals surface area contributed by atoms with Crippen molar-refractivity contribution in [2.24, 2.45) is 0 Å². The van der Waals surface area contributed by atoms with Gasteiger partial charge in [0.1, 0.15) is 5.76 Å². The van der Waals surface area contributed by atoms with E-state index in [0.29, 0.717) is 25.4 Å². The predicted molar refractivity (Wildman–Crippen MR) is 93.9 cm³/mol. The van der Waals surface area contributed by atoms with Gasteiger partial charge in [-0.05, 0) is 60.1 Å². The van der Waals surface area contributed by atoms with Crippen LogP contribution in [0.3, 0.4) is 0 Å². The molecule has 0 aliphatic carbocycles. The highest BCUT2D eigenvalue weighted by Crippen LogP contribution is 2.25. The van der Waals surface area contributed by atoms with Gasteiger partial charge in [0.05, 0.1) is 10.3 Å². The van der Waals surface area contributed by atoms with Crippen LogP contribution in [-0.4, -0.2) is 37.8 Å². The number of hydrogen-bond donors (Lipinski definition) is 0. The van der Waals surface area contributed by atoms with E-state index >= 15 is 0 Å². The van der Waals surface area contributed by atoms with Crippen molar-refractivity contribution in [3.8, 4) is 0 Å². The zero-order valence-corrected chi connectivity index (χ0v) is 16.1. The van der Waals surface area contributed by atoms with Crippen LogP contribution >= 0.6 is 27.3 Å². The molecule has 0 aromatic carbocycles. The molecule has 0 amide bonds. The van der Waals surface area contributed by atoms with Crippen molar-refractivity contribution in [2.75, 3.05) is 20.1 Å². The molecular weight excluding hydrogens is 400 g/mol. The lowest BCUT2D eigenvalue weighted by Crippen LogP contribution is -2.27. The molecule has 0 radical (unpaired) electrons. The highest BCUT2D eigenvalue weighted by atomic mass is 79.9. The van der Waals surface area contributed by atoms with Crippen LogP contribution in [0.25, 0.3) is 0 Å². The Morgan fingerprint density at radius 1 is 1.22 bits per heavy atom. The Hall–Kier alpha value is -0.670. The molecule has 1 aliphatic heterocycles. The average Bonchev–Trinajstić information content (AvgIpc) is 3.20. The van der Waals surface area contributed by atoms with Crippen LogP contribution in [0.1, 0.15) is 23.5 Å². The van der Waals surface area contributed by atoms with Gasteiger partial charge in [-0.2, -0.15) is 4.31 Å². The summed E-state index contributed by atoms with van der Waals surface area (Å²) in [7, 11) is -1.47. The second kappa shape index (κ2) is 7.06. The molecule has 2 aromatic heterocycles. The zero-order chi connectivity index (χ0) is 16.4. The predicted octanol–water partition coefficient (Wildman–Crippen LogP) is 3.52. The molecule has 23 heavy (non-hydrogen) atoms. The highest BCUT2D eigenvalue weighted by molar-refractivity contribution is 9.11. The van der Waals surface area contributed by atoms with Crippen molar-refractivity contribution in [1.29, 1.82) is 0 Å². The van der Waals surface area contributed by atoms with E-state index in [1.165, 1.54) is 9.18 Å². The second-order valence-corrected chi connectivity index (χ2v) is 10.1. The van der Waals surface area contributed by atoms with Gasteiger partial charge in [0.2, 0.25) is 5.09 Å². The largest absolute Gasteiger partial charge is 0.447 e. The lowest BCUT2D eigenvalue weighted by molar-refractivity contribution is 0.275. The van der Waals surface area contributed by atoms with E-state index in [-0.39, 0.29) is 5.09 Å². The fourth-order valence-corrected chi connectivity index (χ4v) is 5.67.